The molecule has 0 amide bonds. The van der Waals surface area contributed by atoms with E-state index >= 15 is 0 Å². The van der Waals surface area contributed by atoms with E-state index in [1.165, 1.54) is 5.56 Å². The van der Waals surface area contributed by atoms with Crippen LogP contribution in [0.25, 0.3) is 5.69 Å². The summed E-state index contributed by atoms with van der Waals surface area (Å²) in [5.41, 5.74) is 2.38. The summed E-state index contributed by atoms with van der Waals surface area (Å²) in [5.74, 6) is 1.61. The first-order chi connectivity index (χ1) is 14.2. The van der Waals surface area contributed by atoms with Crippen molar-refractivity contribution in [3.8, 4) is 5.69 Å². The molecular weight excluding hydrogens is 489 g/mol. The molecule has 4 rings (SSSR count). The van der Waals surface area contributed by atoms with E-state index in [-0.39, 0.29) is 24.0 Å². The summed E-state index contributed by atoms with van der Waals surface area (Å²) in [6, 6.07) is 10.9. The molecule has 0 radical (unpaired) electrons. The standard InChI is InChI=1S/C22H29N7.HI/c1-18-9-14-27(16-21(18)28-15-12-24-17-28)22(23-2)25-11-8-19-4-6-20(7-5-19)29-13-3-10-26-29;/h3-7,10,12-13,15,17-18,21H,8-9,11,14,16H2,1-2H3,(H,23,25);1H. The van der Waals surface area contributed by atoms with Crippen molar-refractivity contribution in [3.63, 3.8) is 0 Å². The van der Waals surface area contributed by atoms with E-state index in [4.69, 9.17) is 0 Å². The lowest BCUT2D eigenvalue weighted by molar-refractivity contribution is 0.189. The zero-order valence-corrected chi connectivity index (χ0v) is 19.9. The fourth-order valence-electron chi connectivity index (χ4n) is 3.98. The zero-order chi connectivity index (χ0) is 20.1. The first-order valence-electron chi connectivity index (χ1n) is 10.3. The normalized spacial score (nSPS) is 19.4. The Morgan fingerprint density at radius 1 is 1.20 bits per heavy atom. The smallest absolute Gasteiger partial charge is 0.193 e. The molecule has 1 fully saturated rings. The lowest BCUT2D eigenvalue weighted by Gasteiger charge is -2.39. The minimum atomic E-state index is 0. The molecule has 0 aliphatic carbocycles. The van der Waals surface area contributed by atoms with Gasteiger partial charge in [0.25, 0.3) is 0 Å². The number of imidazole rings is 1. The highest BCUT2D eigenvalue weighted by Crippen LogP contribution is 2.27. The molecule has 2 unspecified atom stereocenters. The van der Waals surface area contributed by atoms with E-state index in [0.717, 1.165) is 44.1 Å². The van der Waals surface area contributed by atoms with Crippen molar-refractivity contribution in [2.45, 2.75) is 25.8 Å². The molecule has 0 bridgehead atoms. The van der Waals surface area contributed by atoms with Crippen LogP contribution in [0.15, 0.2) is 66.4 Å². The highest BCUT2D eigenvalue weighted by molar-refractivity contribution is 14.0. The summed E-state index contributed by atoms with van der Waals surface area (Å²) >= 11 is 0. The third-order valence-corrected chi connectivity index (χ3v) is 5.74. The molecule has 1 saturated heterocycles. The molecule has 0 spiro atoms. The number of aromatic nitrogens is 4. The molecule has 1 aliphatic heterocycles. The number of aliphatic imine (C=N–C) groups is 1. The molecule has 30 heavy (non-hydrogen) atoms. The van der Waals surface area contributed by atoms with Crippen molar-refractivity contribution >= 4 is 29.9 Å². The summed E-state index contributed by atoms with van der Waals surface area (Å²) < 4.78 is 4.10. The summed E-state index contributed by atoms with van der Waals surface area (Å²) in [6.07, 6.45) is 11.7. The zero-order valence-electron chi connectivity index (χ0n) is 17.6. The molecule has 1 N–H and O–H groups in total. The van der Waals surface area contributed by atoms with Crippen molar-refractivity contribution in [1.29, 1.82) is 0 Å². The summed E-state index contributed by atoms with van der Waals surface area (Å²) in [5, 5.41) is 7.82. The molecule has 3 heterocycles. The lowest BCUT2D eigenvalue weighted by Crippen LogP contribution is -2.49. The maximum absolute atomic E-state index is 4.53. The Morgan fingerprint density at radius 3 is 2.70 bits per heavy atom. The van der Waals surface area contributed by atoms with Crippen LogP contribution in [0, 0.1) is 5.92 Å². The van der Waals surface area contributed by atoms with Crippen molar-refractivity contribution in [1.82, 2.24) is 29.5 Å². The molecule has 8 heteroatoms. The molecule has 2 aromatic heterocycles. The number of hydrogen-bond donors (Lipinski definition) is 1. The van der Waals surface area contributed by atoms with E-state index in [1.807, 2.05) is 36.5 Å². The van der Waals surface area contributed by atoms with Crippen molar-refractivity contribution in [2.75, 3.05) is 26.7 Å². The van der Waals surface area contributed by atoms with Crippen LogP contribution in [-0.2, 0) is 6.42 Å². The first-order valence-corrected chi connectivity index (χ1v) is 10.3. The number of piperidine rings is 1. The highest BCUT2D eigenvalue weighted by atomic mass is 127. The largest absolute Gasteiger partial charge is 0.356 e. The van der Waals surface area contributed by atoms with Crippen LogP contribution in [0.3, 0.4) is 0 Å². The average Bonchev–Trinajstić information content (AvgIpc) is 3.47. The van der Waals surface area contributed by atoms with Gasteiger partial charge in [-0.3, -0.25) is 4.99 Å². The second-order valence-corrected chi connectivity index (χ2v) is 7.63. The van der Waals surface area contributed by atoms with Gasteiger partial charge in [0.05, 0.1) is 18.1 Å². The van der Waals surface area contributed by atoms with Gasteiger partial charge in [0.15, 0.2) is 5.96 Å². The van der Waals surface area contributed by atoms with Gasteiger partial charge in [-0.15, -0.1) is 24.0 Å². The van der Waals surface area contributed by atoms with Crippen LogP contribution in [0.1, 0.15) is 24.9 Å². The maximum atomic E-state index is 4.53. The Morgan fingerprint density at radius 2 is 2.03 bits per heavy atom. The monoisotopic (exact) mass is 519 g/mol. The molecule has 1 aliphatic rings. The summed E-state index contributed by atoms with van der Waals surface area (Å²) in [4.78, 5) is 11.1. The third kappa shape index (κ3) is 5.21. The predicted molar refractivity (Wildman–Crippen MR) is 131 cm³/mol. The Hall–Kier alpha value is -2.36. The number of rotatable bonds is 5. The van der Waals surface area contributed by atoms with E-state index in [2.05, 4.69) is 67.2 Å². The quantitative estimate of drug-likeness (QED) is 0.319. The Labute approximate surface area is 195 Å². The van der Waals surface area contributed by atoms with E-state index in [0.29, 0.717) is 12.0 Å². The minimum absolute atomic E-state index is 0. The molecule has 1 aromatic carbocycles. The second kappa shape index (κ2) is 10.6. The van der Waals surface area contributed by atoms with E-state index in [1.54, 1.807) is 6.20 Å². The van der Waals surface area contributed by atoms with E-state index < -0.39 is 0 Å². The molecular formula is C22H30IN7. The lowest BCUT2D eigenvalue weighted by atomic mass is 9.93. The van der Waals surface area contributed by atoms with Crippen LogP contribution >= 0.6 is 24.0 Å². The maximum Gasteiger partial charge on any atom is 0.193 e. The van der Waals surface area contributed by atoms with Crippen molar-refractivity contribution in [2.24, 2.45) is 10.9 Å². The molecule has 3 aromatic rings. The van der Waals surface area contributed by atoms with Gasteiger partial charge in [-0.2, -0.15) is 5.10 Å². The van der Waals surface area contributed by atoms with Gasteiger partial charge in [-0.25, -0.2) is 9.67 Å². The number of guanidine groups is 1. The van der Waals surface area contributed by atoms with E-state index in [9.17, 15) is 0 Å². The first kappa shape index (κ1) is 22.3. The molecule has 160 valence electrons. The van der Waals surface area contributed by atoms with Gasteiger partial charge >= 0.3 is 0 Å². The predicted octanol–water partition coefficient (Wildman–Crippen LogP) is 3.39. The summed E-state index contributed by atoms with van der Waals surface area (Å²) in [7, 11) is 1.87. The topological polar surface area (TPSA) is 63.3 Å². The number of hydrogen-bond acceptors (Lipinski definition) is 3. The van der Waals surface area contributed by atoms with Crippen LogP contribution in [0.2, 0.25) is 0 Å². The molecule has 2 atom stereocenters. The average molecular weight is 519 g/mol. The van der Waals surface area contributed by atoms with Gasteiger partial charge < -0.3 is 14.8 Å². The van der Waals surface area contributed by atoms with Gasteiger partial charge in [-0.1, -0.05) is 19.1 Å². The van der Waals surface area contributed by atoms with Crippen LogP contribution < -0.4 is 5.32 Å². The highest BCUT2D eigenvalue weighted by Gasteiger charge is 2.28. The van der Waals surface area contributed by atoms with Gasteiger partial charge in [0.1, 0.15) is 0 Å². The minimum Gasteiger partial charge on any atom is -0.356 e. The number of likely N-dealkylation sites (tertiary alicyclic amines) is 1. The van der Waals surface area contributed by atoms with Crippen LogP contribution in [-0.4, -0.2) is 56.9 Å². The van der Waals surface area contributed by atoms with Gasteiger partial charge in [-0.05, 0) is 42.5 Å². The summed E-state index contributed by atoms with van der Waals surface area (Å²) in [6.45, 7) is 5.17. The fourth-order valence-corrected chi connectivity index (χ4v) is 3.98. The van der Waals surface area contributed by atoms with Crippen molar-refractivity contribution in [3.05, 3.63) is 67.0 Å². The molecule has 0 saturated carbocycles. The number of halogens is 1. The van der Waals surface area contributed by atoms with Crippen LogP contribution in [0.5, 0.6) is 0 Å². The second-order valence-electron chi connectivity index (χ2n) is 7.63. The molecule has 7 nitrogen and oxygen atoms in total. The Bertz CT molecular complexity index is 904. The number of nitrogens with zero attached hydrogens (tertiary/aromatic N) is 6. The van der Waals surface area contributed by atoms with Crippen molar-refractivity contribution < 1.29 is 0 Å². The van der Waals surface area contributed by atoms with Gasteiger partial charge in [0.2, 0.25) is 0 Å². The fraction of sp³-hybridized carbons (Fsp3) is 0.409. The van der Waals surface area contributed by atoms with Gasteiger partial charge in [0, 0.05) is 51.5 Å². The Kier molecular flexibility index (Phi) is 7.89. The number of nitrogens with one attached hydrogen (secondary N) is 1. The van der Waals surface area contributed by atoms with Crippen LogP contribution in [0.4, 0.5) is 0 Å². The third-order valence-electron chi connectivity index (χ3n) is 5.74. The Balaban J connectivity index is 0.00000256. The SMILES string of the molecule is CN=C(NCCc1ccc(-n2cccn2)cc1)N1CCC(C)C(n2ccnc2)C1.I. The number of benzene rings is 1.